The summed E-state index contributed by atoms with van der Waals surface area (Å²) >= 11 is 0. The van der Waals surface area contributed by atoms with Gasteiger partial charge in [-0.3, -0.25) is 0 Å². The normalized spacial score (nSPS) is 15.7. The maximum Gasteiger partial charge on any atom is 0.254 e. The largest absolute Gasteiger partial charge is 0.254 e. The minimum atomic E-state index is 0.983. The molecule has 0 aromatic carbocycles. The molecule has 0 bridgehead atoms. The first-order valence-corrected chi connectivity index (χ1v) is 4.61. The second-order valence-electron chi connectivity index (χ2n) is 3.33. The van der Waals surface area contributed by atoms with Gasteiger partial charge in [-0.1, -0.05) is 6.08 Å². The van der Waals surface area contributed by atoms with Gasteiger partial charge in [0.1, 0.15) is 11.9 Å². The van der Waals surface area contributed by atoms with Crippen LogP contribution in [0.3, 0.4) is 0 Å². The number of hydrogen-bond acceptors (Lipinski definition) is 0. The van der Waals surface area contributed by atoms with Gasteiger partial charge in [0.15, 0.2) is 0 Å². The van der Waals surface area contributed by atoms with Crippen LogP contribution in [0.15, 0.2) is 18.9 Å². The number of nitrogens with one attached hydrogen (secondary N) is 1. The maximum atomic E-state index is 3.76. The Morgan fingerprint density at radius 3 is 3.33 bits per heavy atom. The number of aromatic nitrogens is 2. The molecule has 1 N–H and O–H groups in total. The quantitative estimate of drug-likeness (QED) is 0.502. The van der Waals surface area contributed by atoms with Gasteiger partial charge in [-0.15, -0.1) is 6.58 Å². The van der Waals surface area contributed by atoms with Gasteiger partial charge in [-0.2, -0.15) is 0 Å². The van der Waals surface area contributed by atoms with Gasteiger partial charge in [0.05, 0.1) is 6.54 Å². The lowest BCUT2D eigenvalue weighted by Gasteiger charge is -2.08. The molecule has 1 aromatic rings. The van der Waals surface area contributed by atoms with Crippen LogP contribution in [-0.4, -0.2) is 4.98 Å². The van der Waals surface area contributed by atoms with Crippen molar-refractivity contribution in [3.8, 4) is 0 Å². The van der Waals surface area contributed by atoms with Crippen molar-refractivity contribution < 1.29 is 4.57 Å². The average molecular weight is 163 g/mol. The number of nitrogens with zero attached hydrogens (tertiary/aromatic N) is 1. The van der Waals surface area contributed by atoms with Crippen LogP contribution >= 0.6 is 0 Å². The number of hydrogen-bond donors (Lipinski definition) is 1. The van der Waals surface area contributed by atoms with Gasteiger partial charge < -0.3 is 0 Å². The summed E-state index contributed by atoms with van der Waals surface area (Å²) in [4.78, 5) is 3.33. The summed E-state index contributed by atoms with van der Waals surface area (Å²) in [6.07, 6.45) is 8.91. The van der Waals surface area contributed by atoms with E-state index in [0.717, 1.165) is 6.42 Å². The van der Waals surface area contributed by atoms with Crippen LogP contribution in [-0.2, 0) is 19.4 Å². The van der Waals surface area contributed by atoms with E-state index in [0.29, 0.717) is 0 Å². The molecule has 1 aliphatic rings. The second-order valence-corrected chi connectivity index (χ2v) is 3.33. The predicted molar refractivity (Wildman–Crippen MR) is 47.8 cm³/mol. The molecule has 0 spiro atoms. The lowest BCUT2D eigenvalue weighted by Crippen LogP contribution is -2.42. The monoisotopic (exact) mass is 163 g/mol. The third-order valence-corrected chi connectivity index (χ3v) is 2.48. The molecule has 1 aromatic heterocycles. The molecule has 0 fully saturated rings. The van der Waals surface area contributed by atoms with Gasteiger partial charge in [-0.05, 0) is 12.8 Å². The molecule has 0 aliphatic carbocycles. The summed E-state index contributed by atoms with van der Waals surface area (Å²) < 4.78 is 2.39. The first kappa shape index (κ1) is 7.59. The highest BCUT2D eigenvalue weighted by Gasteiger charge is 2.19. The van der Waals surface area contributed by atoms with Gasteiger partial charge >= 0.3 is 0 Å². The van der Waals surface area contributed by atoms with Gasteiger partial charge in [0, 0.05) is 12.8 Å². The molecule has 2 heteroatoms. The fourth-order valence-corrected chi connectivity index (χ4v) is 1.86. The molecule has 2 rings (SSSR count). The zero-order chi connectivity index (χ0) is 8.39. The molecule has 0 atom stereocenters. The molecule has 0 unspecified atom stereocenters. The van der Waals surface area contributed by atoms with E-state index in [2.05, 4.69) is 22.3 Å². The van der Waals surface area contributed by atoms with E-state index < -0.39 is 0 Å². The van der Waals surface area contributed by atoms with Crippen molar-refractivity contribution >= 4 is 0 Å². The Hall–Kier alpha value is -1.05. The molecule has 0 saturated heterocycles. The van der Waals surface area contributed by atoms with E-state index >= 15 is 0 Å². The second kappa shape index (κ2) is 3.13. The average Bonchev–Trinajstić information content (AvgIpc) is 2.50. The highest BCUT2D eigenvalue weighted by Crippen LogP contribution is 2.07. The van der Waals surface area contributed by atoms with Crippen LogP contribution in [0, 0.1) is 0 Å². The Labute approximate surface area is 72.9 Å². The Balaban J connectivity index is 2.31. The van der Waals surface area contributed by atoms with Gasteiger partial charge in [0.2, 0.25) is 0 Å². The summed E-state index contributed by atoms with van der Waals surface area (Å²) in [6, 6.07) is 0. The summed E-state index contributed by atoms with van der Waals surface area (Å²) in [6.45, 7) is 4.94. The first-order chi connectivity index (χ1) is 5.92. The smallest absolute Gasteiger partial charge is 0.247 e. The third-order valence-electron chi connectivity index (χ3n) is 2.48. The van der Waals surface area contributed by atoms with E-state index in [1.165, 1.54) is 37.3 Å². The summed E-state index contributed by atoms with van der Waals surface area (Å²) in [5.74, 6) is 1.39. The third kappa shape index (κ3) is 1.17. The zero-order valence-corrected chi connectivity index (χ0v) is 7.34. The van der Waals surface area contributed by atoms with E-state index in [1.54, 1.807) is 0 Å². The Bertz CT molecular complexity index is 286. The molecule has 2 nitrogen and oxygen atoms in total. The van der Waals surface area contributed by atoms with Crippen molar-refractivity contribution in [1.82, 2.24) is 4.98 Å². The Morgan fingerprint density at radius 2 is 2.50 bits per heavy atom. The van der Waals surface area contributed by atoms with Gasteiger partial charge in [0.25, 0.3) is 5.82 Å². The fraction of sp³-hybridized carbons (Fsp3) is 0.500. The first-order valence-electron chi connectivity index (χ1n) is 4.61. The summed E-state index contributed by atoms with van der Waals surface area (Å²) in [7, 11) is 0. The highest BCUT2D eigenvalue weighted by atomic mass is 15.1. The van der Waals surface area contributed by atoms with Crippen molar-refractivity contribution in [1.29, 1.82) is 0 Å². The minimum absolute atomic E-state index is 0.983. The Kier molecular flexibility index (Phi) is 1.98. The molecule has 0 amide bonds. The van der Waals surface area contributed by atoms with Crippen LogP contribution in [0.2, 0.25) is 0 Å². The maximum absolute atomic E-state index is 3.76. The molecular formula is C10H15N2+. The lowest BCUT2D eigenvalue weighted by molar-refractivity contribution is -0.714. The van der Waals surface area contributed by atoms with Crippen molar-refractivity contribution in [2.45, 2.75) is 32.2 Å². The number of rotatable bonds is 2. The molecule has 1 aliphatic heterocycles. The number of imidazole rings is 1. The van der Waals surface area contributed by atoms with Crippen molar-refractivity contribution in [2.24, 2.45) is 0 Å². The lowest BCUT2D eigenvalue weighted by atomic mass is 10.1. The molecule has 64 valence electrons. The minimum Gasteiger partial charge on any atom is -0.247 e. The van der Waals surface area contributed by atoms with E-state index in [9.17, 15) is 0 Å². The number of allylic oxidation sites excluding steroid dienone is 1. The molecule has 0 radical (unpaired) electrons. The fourth-order valence-electron chi connectivity index (χ4n) is 1.86. The summed E-state index contributed by atoms with van der Waals surface area (Å²) in [5.41, 5.74) is 1.37. The van der Waals surface area contributed by atoms with Crippen LogP contribution in [0.25, 0.3) is 0 Å². The Morgan fingerprint density at radius 1 is 1.58 bits per heavy atom. The van der Waals surface area contributed by atoms with E-state index in [1.807, 2.05) is 6.08 Å². The van der Waals surface area contributed by atoms with E-state index in [-0.39, 0.29) is 0 Å². The highest BCUT2D eigenvalue weighted by molar-refractivity contribution is 4.97. The predicted octanol–water partition coefficient (Wildman–Crippen LogP) is 1.37. The van der Waals surface area contributed by atoms with Crippen LogP contribution in [0.5, 0.6) is 0 Å². The molecular weight excluding hydrogens is 148 g/mol. The standard InChI is InChI=1S/C10H14N2/c1-2-5-9-8-11-10-6-3-4-7-12(9)10/h2,8H,1,3-7H2/p+1. The van der Waals surface area contributed by atoms with Crippen molar-refractivity contribution in [3.05, 3.63) is 30.4 Å². The number of H-pyrrole nitrogens is 1. The van der Waals surface area contributed by atoms with Crippen molar-refractivity contribution in [2.75, 3.05) is 0 Å². The topological polar surface area (TPSA) is 19.7 Å². The van der Waals surface area contributed by atoms with Crippen LogP contribution < -0.4 is 4.57 Å². The number of aromatic amines is 1. The SMILES string of the molecule is C=CCc1c[nH]c2[n+]1CCCC2. The van der Waals surface area contributed by atoms with E-state index in [4.69, 9.17) is 0 Å². The molecule has 12 heavy (non-hydrogen) atoms. The number of aryl methyl sites for hydroxylation is 1. The van der Waals surface area contributed by atoms with Gasteiger partial charge in [-0.25, -0.2) is 9.55 Å². The summed E-state index contributed by atoms with van der Waals surface area (Å²) in [5, 5.41) is 0. The van der Waals surface area contributed by atoms with Crippen LogP contribution in [0.4, 0.5) is 0 Å². The van der Waals surface area contributed by atoms with Crippen molar-refractivity contribution in [3.63, 3.8) is 0 Å². The number of fused-ring (bicyclic) bond motifs is 1. The molecule has 2 heterocycles. The van der Waals surface area contributed by atoms with Crippen LogP contribution in [0.1, 0.15) is 24.4 Å². The zero-order valence-electron chi connectivity index (χ0n) is 7.34. The molecule has 0 saturated carbocycles.